The van der Waals surface area contributed by atoms with Gasteiger partial charge in [-0.05, 0) is 40.3 Å². The van der Waals surface area contributed by atoms with Crippen molar-refractivity contribution in [2.75, 3.05) is 13.1 Å². The SMILES string of the molecule is O=C(O)CNC(=O)C1C(=O)CCN(Cc2ccc(I)cc2)C1=O. The molecule has 0 aliphatic carbocycles. The molecule has 0 radical (unpaired) electrons. The molecule has 2 amide bonds. The standard InChI is InChI=1S/C15H15IN2O5/c16-10-3-1-9(2-4-10)8-18-6-5-11(19)13(15(18)23)14(22)17-7-12(20)21/h1-4,13H,5-8H2,(H,17,22)(H,20,21). The van der Waals surface area contributed by atoms with Crippen molar-refractivity contribution in [1.29, 1.82) is 0 Å². The highest BCUT2D eigenvalue weighted by atomic mass is 127. The minimum atomic E-state index is -1.45. The number of hydrogen-bond acceptors (Lipinski definition) is 4. The Labute approximate surface area is 146 Å². The number of ketones is 1. The maximum Gasteiger partial charge on any atom is 0.322 e. The van der Waals surface area contributed by atoms with E-state index in [1.165, 1.54) is 4.90 Å². The molecule has 2 N–H and O–H groups in total. The molecule has 0 spiro atoms. The summed E-state index contributed by atoms with van der Waals surface area (Å²) in [5, 5.41) is 10.7. The van der Waals surface area contributed by atoms with E-state index in [-0.39, 0.29) is 13.0 Å². The van der Waals surface area contributed by atoms with E-state index in [2.05, 4.69) is 27.9 Å². The number of Topliss-reactive ketones (excluding diaryl/α,β-unsaturated/α-hetero) is 1. The zero-order chi connectivity index (χ0) is 17.0. The summed E-state index contributed by atoms with van der Waals surface area (Å²) in [5.41, 5.74) is 0.901. The van der Waals surface area contributed by atoms with E-state index >= 15 is 0 Å². The van der Waals surface area contributed by atoms with Crippen molar-refractivity contribution in [2.45, 2.75) is 13.0 Å². The lowest BCUT2D eigenvalue weighted by Gasteiger charge is -2.30. The fraction of sp³-hybridized carbons (Fsp3) is 0.333. The first-order valence-electron chi connectivity index (χ1n) is 6.94. The number of benzene rings is 1. The van der Waals surface area contributed by atoms with Crippen molar-refractivity contribution in [3.05, 3.63) is 33.4 Å². The fourth-order valence-corrected chi connectivity index (χ4v) is 2.67. The number of carboxylic acid groups (broad SMARTS) is 1. The molecule has 1 fully saturated rings. The van der Waals surface area contributed by atoms with E-state index < -0.39 is 36.0 Å². The smallest absolute Gasteiger partial charge is 0.322 e. The number of carbonyl (C=O) groups is 4. The van der Waals surface area contributed by atoms with Crippen LogP contribution >= 0.6 is 22.6 Å². The van der Waals surface area contributed by atoms with Crippen LogP contribution < -0.4 is 5.32 Å². The van der Waals surface area contributed by atoms with Gasteiger partial charge >= 0.3 is 5.97 Å². The largest absolute Gasteiger partial charge is 0.480 e. The average molecular weight is 430 g/mol. The summed E-state index contributed by atoms with van der Waals surface area (Å²) in [6, 6.07) is 7.58. The van der Waals surface area contributed by atoms with Crippen LogP contribution in [0.5, 0.6) is 0 Å². The monoisotopic (exact) mass is 430 g/mol. The molecule has 1 aliphatic rings. The zero-order valence-corrected chi connectivity index (χ0v) is 14.3. The molecule has 122 valence electrons. The molecule has 0 bridgehead atoms. The van der Waals surface area contributed by atoms with Crippen molar-refractivity contribution in [1.82, 2.24) is 10.2 Å². The van der Waals surface area contributed by atoms with Crippen LogP contribution in [0.15, 0.2) is 24.3 Å². The third-order valence-corrected chi connectivity index (χ3v) is 4.19. The van der Waals surface area contributed by atoms with Gasteiger partial charge in [-0.2, -0.15) is 0 Å². The quantitative estimate of drug-likeness (QED) is 0.521. The number of carbonyl (C=O) groups excluding carboxylic acids is 3. The van der Waals surface area contributed by atoms with E-state index in [9.17, 15) is 19.2 Å². The second kappa shape index (κ2) is 7.53. The van der Waals surface area contributed by atoms with Crippen LogP contribution in [0, 0.1) is 9.49 Å². The van der Waals surface area contributed by atoms with Gasteiger partial charge in [0.1, 0.15) is 6.54 Å². The second-order valence-corrected chi connectivity index (χ2v) is 6.39. The number of hydrogen-bond donors (Lipinski definition) is 2. The summed E-state index contributed by atoms with van der Waals surface area (Å²) in [6.45, 7) is -0.0505. The number of aliphatic carboxylic acids is 1. The second-order valence-electron chi connectivity index (χ2n) is 5.15. The topological polar surface area (TPSA) is 104 Å². The Hall–Kier alpha value is -1.97. The van der Waals surface area contributed by atoms with Crippen LogP contribution in [0.3, 0.4) is 0 Å². The van der Waals surface area contributed by atoms with Crippen LogP contribution in [0.2, 0.25) is 0 Å². The Morgan fingerprint density at radius 2 is 1.91 bits per heavy atom. The lowest BCUT2D eigenvalue weighted by Crippen LogP contribution is -2.52. The number of amides is 2. The van der Waals surface area contributed by atoms with Crippen LogP contribution in [0.25, 0.3) is 0 Å². The highest BCUT2D eigenvalue weighted by Crippen LogP contribution is 2.18. The summed E-state index contributed by atoms with van der Waals surface area (Å²) in [6.07, 6.45) is 0.0846. The molecule has 1 unspecified atom stereocenters. The van der Waals surface area contributed by atoms with Crippen molar-refractivity contribution in [3.8, 4) is 0 Å². The summed E-state index contributed by atoms with van der Waals surface area (Å²) < 4.78 is 1.07. The molecule has 1 saturated heterocycles. The van der Waals surface area contributed by atoms with Crippen molar-refractivity contribution in [2.24, 2.45) is 5.92 Å². The van der Waals surface area contributed by atoms with E-state index in [0.717, 1.165) is 9.13 Å². The first-order valence-corrected chi connectivity index (χ1v) is 8.02. The molecule has 1 heterocycles. The molecular weight excluding hydrogens is 415 g/mol. The van der Waals surface area contributed by atoms with E-state index in [1.54, 1.807) is 0 Å². The molecule has 0 aromatic heterocycles. The van der Waals surface area contributed by atoms with Gasteiger partial charge in [0.2, 0.25) is 11.8 Å². The molecule has 1 atom stereocenters. The van der Waals surface area contributed by atoms with Gasteiger partial charge in [0, 0.05) is 23.1 Å². The van der Waals surface area contributed by atoms with Gasteiger partial charge in [-0.3, -0.25) is 19.2 Å². The summed E-state index contributed by atoms with van der Waals surface area (Å²) in [4.78, 5) is 48.1. The Balaban J connectivity index is 2.07. The fourth-order valence-electron chi connectivity index (χ4n) is 2.31. The first kappa shape index (κ1) is 17.4. The Morgan fingerprint density at radius 1 is 1.26 bits per heavy atom. The van der Waals surface area contributed by atoms with Crippen LogP contribution in [0.4, 0.5) is 0 Å². The molecule has 23 heavy (non-hydrogen) atoms. The Kier molecular flexibility index (Phi) is 5.69. The van der Waals surface area contributed by atoms with Gasteiger partial charge in [0.15, 0.2) is 11.7 Å². The van der Waals surface area contributed by atoms with Crippen LogP contribution in [-0.2, 0) is 25.7 Å². The molecule has 8 heteroatoms. The predicted octanol–water partition coefficient (Wildman–Crippen LogP) is 0.410. The number of halogens is 1. The number of nitrogens with zero attached hydrogens (tertiary/aromatic N) is 1. The molecule has 7 nitrogen and oxygen atoms in total. The van der Waals surface area contributed by atoms with E-state index in [0.29, 0.717) is 6.54 Å². The van der Waals surface area contributed by atoms with Crippen molar-refractivity contribution >= 4 is 46.2 Å². The normalized spacial score (nSPS) is 18.0. The lowest BCUT2D eigenvalue weighted by atomic mass is 9.94. The minimum Gasteiger partial charge on any atom is -0.480 e. The first-order chi connectivity index (χ1) is 10.9. The van der Waals surface area contributed by atoms with Crippen LogP contribution in [0.1, 0.15) is 12.0 Å². The highest BCUT2D eigenvalue weighted by molar-refractivity contribution is 14.1. The maximum atomic E-state index is 12.4. The van der Waals surface area contributed by atoms with Gasteiger partial charge in [-0.1, -0.05) is 12.1 Å². The van der Waals surface area contributed by atoms with Gasteiger partial charge < -0.3 is 15.3 Å². The minimum absolute atomic E-state index is 0.0846. The highest BCUT2D eigenvalue weighted by Gasteiger charge is 2.40. The number of piperidine rings is 1. The molecule has 1 aliphatic heterocycles. The zero-order valence-electron chi connectivity index (χ0n) is 12.1. The number of carboxylic acids is 1. The molecule has 0 saturated carbocycles. The molecule has 1 aromatic rings. The van der Waals surface area contributed by atoms with Gasteiger partial charge in [0.25, 0.3) is 0 Å². The van der Waals surface area contributed by atoms with E-state index in [4.69, 9.17) is 5.11 Å². The number of rotatable bonds is 5. The molecule has 1 aromatic carbocycles. The van der Waals surface area contributed by atoms with Gasteiger partial charge in [-0.25, -0.2) is 0 Å². The maximum absolute atomic E-state index is 12.4. The Morgan fingerprint density at radius 3 is 2.52 bits per heavy atom. The predicted molar refractivity (Wildman–Crippen MR) is 88.3 cm³/mol. The third kappa shape index (κ3) is 4.50. The summed E-state index contributed by atoms with van der Waals surface area (Å²) >= 11 is 2.17. The third-order valence-electron chi connectivity index (χ3n) is 3.47. The Bertz CT molecular complexity index is 644. The van der Waals surface area contributed by atoms with Crippen LogP contribution in [-0.4, -0.2) is 46.7 Å². The number of nitrogens with one attached hydrogen (secondary N) is 1. The summed E-state index contributed by atoms with van der Waals surface area (Å²) in [7, 11) is 0. The van der Waals surface area contributed by atoms with Gasteiger partial charge in [-0.15, -0.1) is 0 Å². The average Bonchev–Trinajstić information content (AvgIpc) is 2.50. The van der Waals surface area contributed by atoms with E-state index in [1.807, 2.05) is 24.3 Å². The molecular formula is C15H15IN2O5. The number of likely N-dealkylation sites (tertiary alicyclic amines) is 1. The lowest BCUT2D eigenvalue weighted by molar-refractivity contribution is -0.152. The van der Waals surface area contributed by atoms with Crippen molar-refractivity contribution < 1.29 is 24.3 Å². The van der Waals surface area contributed by atoms with Crippen molar-refractivity contribution in [3.63, 3.8) is 0 Å². The summed E-state index contributed by atoms with van der Waals surface area (Å²) in [5.74, 6) is -4.59. The van der Waals surface area contributed by atoms with Gasteiger partial charge in [0.05, 0.1) is 0 Å². The molecule has 2 rings (SSSR count).